The van der Waals surface area contributed by atoms with Gasteiger partial charge in [-0.3, -0.25) is 10.1 Å². The van der Waals surface area contributed by atoms with Gasteiger partial charge in [0.2, 0.25) is 5.90 Å². The Bertz CT molecular complexity index is 1270. The number of aryl methyl sites for hydroxylation is 1. The first-order valence-corrected chi connectivity index (χ1v) is 10.0. The van der Waals surface area contributed by atoms with Crippen molar-refractivity contribution in [2.75, 3.05) is 0 Å². The van der Waals surface area contributed by atoms with Crippen LogP contribution in [0.4, 0.5) is 5.69 Å². The van der Waals surface area contributed by atoms with Crippen LogP contribution >= 0.6 is 11.6 Å². The maximum Gasteiger partial charge on any atom is 0.363 e. The summed E-state index contributed by atoms with van der Waals surface area (Å²) in [4.78, 5) is 26.7. The normalized spacial score (nSPS) is 14.2. The summed E-state index contributed by atoms with van der Waals surface area (Å²) in [5, 5.41) is 10.9. The molecule has 32 heavy (non-hydrogen) atoms. The molecule has 0 aliphatic carbocycles. The molecule has 3 aromatic rings. The smallest absolute Gasteiger partial charge is 0.363 e. The minimum Gasteiger partial charge on any atom is -0.489 e. The van der Waals surface area contributed by atoms with Crippen molar-refractivity contribution >= 4 is 35.2 Å². The van der Waals surface area contributed by atoms with Gasteiger partial charge in [0.05, 0.1) is 15.5 Å². The van der Waals surface area contributed by atoms with Crippen LogP contribution in [-0.2, 0) is 16.1 Å². The SMILES string of the molecule is Cc1cccc(COc2ccc(/C=C3\N=C(c4ccc([N+](=O)[O-])cc4Cl)OC3=O)cc2)c1. The van der Waals surface area contributed by atoms with E-state index in [2.05, 4.69) is 11.1 Å². The van der Waals surface area contributed by atoms with Crippen molar-refractivity contribution in [3.8, 4) is 5.75 Å². The number of halogens is 1. The van der Waals surface area contributed by atoms with E-state index in [1.54, 1.807) is 30.3 Å². The summed E-state index contributed by atoms with van der Waals surface area (Å²) < 4.78 is 11.0. The summed E-state index contributed by atoms with van der Waals surface area (Å²) in [6.07, 6.45) is 1.58. The number of benzene rings is 3. The number of cyclic esters (lactones) is 1. The van der Waals surface area contributed by atoms with Crippen molar-refractivity contribution in [1.82, 2.24) is 0 Å². The molecule has 0 N–H and O–H groups in total. The molecule has 160 valence electrons. The number of rotatable bonds is 6. The average molecular weight is 449 g/mol. The predicted octanol–water partition coefficient (Wildman–Crippen LogP) is 5.48. The van der Waals surface area contributed by atoms with Crippen LogP contribution in [0.3, 0.4) is 0 Å². The van der Waals surface area contributed by atoms with E-state index in [1.165, 1.54) is 23.8 Å². The van der Waals surface area contributed by atoms with E-state index in [1.807, 2.05) is 25.1 Å². The second-order valence-electron chi connectivity index (χ2n) is 7.10. The maximum absolute atomic E-state index is 12.2. The molecule has 1 aliphatic rings. The van der Waals surface area contributed by atoms with Gasteiger partial charge in [-0.25, -0.2) is 9.79 Å². The molecule has 0 spiro atoms. The Morgan fingerprint density at radius 2 is 1.91 bits per heavy atom. The standard InChI is InChI=1S/C24H17ClN2O5/c1-15-3-2-4-17(11-15)14-31-19-8-5-16(6-9-19)12-22-24(28)32-23(26-22)20-10-7-18(27(29)30)13-21(20)25/h2-13H,14H2,1H3/b22-12-. The van der Waals surface area contributed by atoms with E-state index in [4.69, 9.17) is 21.1 Å². The molecule has 3 aromatic carbocycles. The zero-order valence-corrected chi connectivity index (χ0v) is 17.7. The van der Waals surface area contributed by atoms with Gasteiger partial charge in [-0.05, 0) is 42.3 Å². The fourth-order valence-electron chi connectivity index (χ4n) is 3.10. The number of carbonyl (C=O) groups is 1. The van der Waals surface area contributed by atoms with Crippen LogP contribution < -0.4 is 4.74 Å². The van der Waals surface area contributed by atoms with Gasteiger partial charge in [0.1, 0.15) is 12.4 Å². The van der Waals surface area contributed by atoms with Crippen molar-refractivity contribution in [1.29, 1.82) is 0 Å². The number of hydrogen-bond donors (Lipinski definition) is 0. The number of ether oxygens (including phenoxy) is 2. The van der Waals surface area contributed by atoms with Gasteiger partial charge < -0.3 is 9.47 Å². The molecule has 1 aliphatic heterocycles. The number of nitro benzene ring substituents is 1. The first kappa shape index (κ1) is 21.3. The van der Waals surface area contributed by atoms with Crippen LogP contribution in [-0.4, -0.2) is 16.8 Å². The molecule has 4 rings (SSSR count). The molecule has 0 bridgehead atoms. The molecule has 7 nitrogen and oxygen atoms in total. The minimum atomic E-state index is -0.630. The molecule has 1 heterocycles. The molecule has 8 heteroatoms. The van der Waals surface area contributed by atoms with E-state index in [0.717, 1.165) is 11.1 Å². The predicted molar refractivity (Wildman–Crippen MR) is 121 cm³/mol. The number of hydrogen-bond acceptors (Lipinski definition) is 6. The molecule has 0 amide bonds. The Hall–Kier alpha value is -3.97. The van der Waals surface area contributed by atoms with Gasteiger partial charge >= 0.3 is 5.97 Å². The third-order valence-electron chi connectivity index (χ3n) is 4.69. The second-order valence-corrected chi connectivity index (χ2v) is 7.51. The lowest BCUT2D eigenvalue weighted by Gasteiger charge is -2.07. The fraction of sp³-hybridized carbons (Fsp3) is 0.0833. The van der Waals surface area contributed by atoms with Gasteiger partial charge in [0.25, 0.3) is 5.69 Å². The first-order chi connectivity index (χ1) is 15.4. The number of aliphatic imine (C=N–C) groups is 1. The van der Waals surface area contributed by atoms with Crippen LogP contribution in [0.15, 0.2) is 77.4 Å². The van der Waals surface area contributed by atoms with Gasteiger partial charge in [0.15, 0.2) is 5.70 Å². The van der Waals surface area contributed by atoms with Crippen molar-refractivity contribution in [3.63, 3.8) is 0 Å². The largest absolute Gasteiger partial charge is 0.489 e. The third kappa shape index (κ3) is 4.84. The van der Waals surface area contributed by atoms with E-state index >= 15 is 0 Å². The molecule has 0 fully saturated rings. The van der Waals surface area contributed by atoms with Gasteiger partial charge in [-0.1, -0.05) is 53.6 Å². The average Bonchev–Trinajstić information content (AvgIpc) is 3.13. The number of non-ortho nitro benzene ring substituents is 1. The van der Waals surface area contributed by atoms with Gasteiger partial charge in [0, 0.05) is 12.1 Å². The van der Waals surface area contributed by atoms with E-state index in [0.29, 0.717) is 17.9 Å². The highest BCUT2D eigenvalue weighted by Crippen LogP contribution is 2.27. The molecule has 0 aromatic heterocycles. The highest BCUT2D eigenvalue weighted by molar-refractivity contribution is 6.34. The minimum absolute atomic E-state index is 0.000689. The summed E-state index contributed by atoms with van der Waals surface area (Å²) in [5.41, 5.74) is 3.23. The highest BCUT2D eigenvalue weighted by atomic mass is 35.5. The zero-order valence-electron chi connectivity index (χ0n) is 16.9. The number of esters is 1. The van der Waals surface area contributed by atoms with Gasteiger partial charge in [-0.15, -0.1) is 0 Å². The number of nitrogens with zero attached hydrogens (tertiary/aromatic N) is 2. The summed E-state index contributed by atoms with van der Waals surface area (Å²) in [7, 11) is 0. The van der Waals surface area contributed by atoms with Gasteiger partial charge in [-0.2, -0.15) is 0 Å². The molecule has 0 unspecified atom stereocenters. The topological polar surface area (TPSA) is 91.0 Å². The van der Waals surface area contributed by atoms with Crippen LogP contribution in [0.5, 0.6) is 5.75 Å². The molecular weight excluding hydrogens is 432 g/mol. The lowest BCUT2D eigenvalue weighted by atomic mass is 10.1. The van der Waals surface area contributed by atoms with Crippen LogP contribution in [0.25, 0.3) is 6.08 Å². The number of carbonyl (C=O) groups excluding carboxylic acids is 1. The van der Waals surface area contributed by atoms with Crippen molar-refractivity contribution in [2.24, 2.45) is 4.99 Å². The second kappa shape index (κ2) is 9.03. The summed E-state index contributed by atoms with van der Waals surface area (Å²) in [6, 6.07) is 19.2. The lowest BCUT2D eigenvalue weighted by Crippen LogP contribution is -2.06. The van der Waals surface area contributed by atoms with Crippen molar-refractivity contribution in [3.05, 3.63) is 110 Å². The monoisotopic (exact) mass is 448 g/mol. The zero-order chi connectivity index (χ0) is 22.7. The first-order valence-electron chi connectivity index (χ1n) is 9.64. The Kier molecular flexibility index (Phi) is 6.00. The molecule has 0 atom stereocenters. The fourth-order valence-corrected chi connectivity index (χ4v) is 3.36. The summed E-state index contributed by atoms with van der Waals surface area (Å²) in [6.45, 7) is 2.49. The van der Waals surface area contributed by atoms with Crippen LogP contribution in [0, 0.1) is 17.0 Å². The Morgan fingerprint density at radius 1 is 1.12 bits per heavy atom. The Labute approximate surface area is 188 Å². The number of nitro groups is 1. The Morgan fingerprint density at radius 3 is 2.59 bits per heavy atom. The lowest BCUT2D eigenvalue weighted by molar-refractivity contribution is -0.384. The van der Waals surface area contributed by atoms with Crippen molar-refractivity contribution < 1.29 is 19.2 Å². The van der Waals surface area contributed by atoms with E-state index < -0.39 is 10.9 Å². The summed E-state index contributed by atoms with van der Waals surface area (Å²) >= 11 is 6.10. The molecule has 0 radical (unpaired) electrons. The third-order valence-corrected chi connectivity index (χ3v) is 5.00. The summed E-state index contributed by atoms with van der Waals surface area (Å²) in [5.74, 6) is 0.0676. The van der Waals surface area contributed by atoms with Crippen molar-refractivity contribution in [2.45, 2.75) is 13.5 Å². The Balaban J connectivity index is 1.48. The van der Waals surface area contributed by atoms with Crippen LogP contribution in [0.1, 0.15) is 22.3 Å². The van der Waals surface area contributed by atoms with E-state index in [9.17, 15) is 14.9 Å². The van der Waals surface area contributed by atoms with Crippen LogP contribution in [0.2, 0.25) is 5.02 Å². The molecule has 0 saturated heterocycles. The maximum atomic E-state index is 12.2. The highest BCUT2D eigenvalue weighted by Gasteiger charge is 2.26. The quantitative estimate of drug-likeness (QED) is 0.215. The molecular formula is C24H17ClN2O5. The molecule has 0 saturated carbocycles. The van der Waals surface area contributed by atoms with E-state index in [-0.39, 0.29) is 22.3 Å².